The monoisotopic (exact) mass is 301 g/mol. The third kappa shape index (κ3) is 3.49. The Labute approximate surface area is 126 Å². The fourth-order valence-electron chi connectivity index (χ4n) is 1.82. The maximum Gasteiger partial charge on any atom is 0.237 e. The van der Waals surface area contributed by atoms with E-state index >= 15 is 0 Å². The van der Waals surface area contributed by atoms with Gasteiger partial charge in [0.05, 0.1) is 11.4 Å². The Bertz CT molecular complexity index is 694. The summed E-state index contributed by atoms with van der Waals surface area (Å²) in [6.07, 6.45) is 3.55. The highest BCUT2D eigenvalue weighted by atomic mass is 32.2. The predicted molar refractivity (Wildman–Crippen MR) is 79.2 cm³/mol. The van der Waals surface area contributed by atoms with E-state index in [1.165, 1.54) is 11.8 Å². The molecule has 1 aromatic carbocycles. The first kappa shape index (κ1) is 13.8. The van der Waals surface area contributed by atoms with Crippen molar-refractivity contribution in [3.63, 3.8) is 0 Å². The van der Waals surface area contributed by atoms with Gasteiger partial charge in [-0.1, -0.05) is 42.0 Å². The zero-order valence-corrected chi connectivity index (χ0v) is 12.5. The van der Waals surface area contributed by atoms with Crippen molar-refractivity contribution in [3.8, 4) is 5.69 Å². The van der Waals surface area contributed by atoms with E-state index in [2.05, 4.69) is 27.1 Å². The lowest BCUT2D eigenvalue weighted by Crippen LogP contribution is -1.93. The lowest BCUT2D eigenvalue weighted by Gasteiger charge is -1.97. The minimum Gasteiger partial charge on any atom is -0.338 e. The van der Waals surface area contributed by atoms with Crippen molar-refractivity contribution in [2.75, 3.05) is 0 Å². The second-order valence-corrected chi connectivity index (χ2v) is 5.39. The smallest absolute Gasteiger partial charge is 0.237 e. The summed E-state index contributed by atoms with van der Waals surface area (Å²) < 4.78 is 6.93. The number of hydrogen-bond donors (Lipinski definition) is 0. The van der Waals surface area contributed by atoms with Crippen molar-refractivity contribution >= 4 is 11.8 Å². The Kier molecular flexibility index (Phi) is 4.30. The Morgan fingerprint density at radius 3 is 2.90 bits per heavy atom. The standard InChI is InChI=1S/C14H15N5OS/c1-2-6-12-16-13(20-18-12)9-21-14-15-10-19(17-14)11-7-4-3-5-8-11/h3-5,7-8,10H,2,6,9H2,1H3. The van der Waals surface area contributed by atoms with Crippen LogP contribution in [0, 0.1) is 0 Å². The second kappa shape index (κ2) is 6.53. The Hall–Kier alpha value is -2.15. The molecule has 0 aliphatic carbocycles. The molecule has 0 amide bonds. The van der Waals surface area contributed by atoms with Gasteiger partial charge in [-0.05, 0) is 18.6 Å². The van der Waals surface area contributed by atoms with E-state index in [9.17, 15) is 0 Å². The van der Waals surface area contributed by atoms with E-state index in [-0.39, 0.29) is 0 Å². The number of aromatic nitrogens is 5. The van der Waals surface area contributed by atoms with Gasteiger partial charge in [-0.25, -0.2) is 9.67 Å². The Balaban J connectivity index is 1.62. The van der Waals surface area contributed by atoms with Gasteiger partial charge in [-0.2, -0.15) is 4.98 Å². The van der Waals surface area contributed by atoms with Crippen molar-refractivity contribution < 1.29 is 4.52 Å². The maximum atomic E-state index is 5.19. The van der Waals surface area contributed by atoms with Crippen LogP contribution >= 0.6 is 11.8 Å². The molecule has 0 fully saturated rings. The summed E-state index contributed by atoms with van der Waals surface area (Å²) >= 11 is 1.48. The van der Waals surface area contributed by atoms with Crippen LogP contribution in [0.2, 0.25) is 0 Å². The summed E-state index contributed by atoms with van der Waals surface area (Å²) in [5, 5.41) is 9.03. The largest absolute Gasteiger partial charge is 0.338 e. The minimum atomic E-state index is 0.579. The molecule has 0 radical (unpaired) electrons. The molecule has 0 saturated carbocycles. The maximum absolute atomic E-state index is 5.19. The highest BCUT2D eigenvalue weighted by Gasteiger charge is 2.09. The van der Waals surface area contributed by atoms with Crippen LogP contribution in [0.3, 0.4) is 0 Å². The number of hydrogen-bond acceptors (Lipinski definition) is 6. The highest BCUT2D eigenvalue weighted by Crippen LogP contribution is 2.18. The van der Waals surface area contributed by atoms with Crippen molar-refractivity contribution in [1.29, 1.82) is 0 Å². The lowest BCUT2D eigenvalue weighted by atomic mass is 10.3. The molecule has 0 aliphatic rings. The third-order valence-electron chi connectivity index (χ3n) is 2.80. The Morgan fingerprint density at radius 1 is 1.24 bits per heavy atom. The van der Waals surface area contributed by atoms with Gasteiger partial charge in [0.15, 0.2) is 5.82 Å². The number of benzene rings is 1. The van der Waals surface area contributed by atoms with Gasteiger partial charge in [0.1, 0.15) is 6.33 Å². The Morgan fingerprint density at radius 2 is 2.10 bits per heavy atom. The van der Waals surface area contributed by atoms with Gasteiger partial charge in [0.2, 0.25) is 11.0 Å². The van der Waals surface area contributed by atoms with Gasteiger partial charge in [0.25, 0.3) is 0 Å². The van der Waals surface area contributed by atoms with Crippen LogP contribution in [0.5, 0.6) is 0 Å². The average molecular weight is 301 g/mol. The fourth-order valence-corrected chi connectivity index (χ4v) is 2.46. The van der Waals surface area contributed by atoms with E-state index in [1.807, 2.05) is 30.3 Å². The minimum absolute atomic E-state index is 0.579. The van der Waals surface area contributed by atoms with E-state index in [0.29, 0.717) is 16.8 Å². The first-order valence-corrected chi connectivity index (χ1v) is 7.75. The SMILES string of the molecule is CCCc1noc(CSc2ncn(-c3ccccc3)n2)n1. The van der Waals surface area contributed by atoms with E-state index in [4.69, 9.17) is 4.52 Å². The molecule has 7 heteroatoms. The molecular weight excluding hydrogens is 286 g/mol. The van der Waals surface area contributed by atoms with E-state index < -0.39 is 0 Å². The van der Waals surface area contributed by atoms with Gasteiger partial charge in [0, 0.05) is 6.42 Å². The molecule has 0 aliphatic heterocycles. The van der Waals surface area contributed by atoms with E-state index in [0.717, 1.165) is 24.4 Å². The summed E-state index contributed by atoms with van der Waals surface area (Å²) in [5.74, 6) is 1.95. The third-order valence-corrected chi connectivity index (χ3v) is 3.64. The highest BCUT2D eigenvalue weighted by molar-refractivity contribution is 7.98. The summed E-state index contributed by atoms with van der Waals surface area (Å²) in [6.45, 7) is 2.09. The van der Waals surface area contributed by atoms with Gasteiger partial charge < -0.3 is 4.52 Å². The van der Waals surface area contributed by atoms with Gasteiger partial charge >= 0.3 is 0 Å². The molecular formula is C14H15N5OS. The summed E-state index contributed by atoms with van der Waals surface area (Å²) in [5.41, 5.74) is 0.986. The summed E-state index contributed by atoms with van der Waals surface area (Å²) in [6, 6.07) is 9.88. The number of nitrogens with zero attached hydrogens (tertiary/aromatic N) is 5. The van der Waals surface area contributed by atoms with Gasteiger partial charge in [-0.15, -0.1) is 5.10 Å². The molecule has 0 spiro atoms. The molecule has 3 aromatic rings. The average Bonchev–Trinajstić information content (AvgIpc) is 3.16. The van der Waals surface area contributed by atoms with Crippen LogP contribution < -0.4 is 0 Å². The molecule has 0 bridgehead atoms. The lowest BCUT2D eigenvalue weighted by molar-refractivity contribution is 0.384. The van der Waals surface area contributed by atoms with Crippen LogP contribution in [0.4, 0.5) is 0 Å². The quantitative estimate of drug-likeness (QED) is 0.652. The predicted octanol–water partition coefficient (Wildman–Crippen LogP) is 2.90. The molecule has 3 rings (SSSR count). The number of rotatable bonds is 6. The summed E-state index contributed by atoms with van der Waals surface area (Å²) in [4.78, 5) is 8.59. The number of thioether (sulfide) groups is 1. The normalized spacial score (nSPS) is 10.9. The second-order valence-electron chi connectivity index (χ2n) is 4.45. The number of para-hydroxylation sites is 1. The van der Waals surface area contributed by atoms with Crippen molar-refractivity contribution in [2.45, 2.75) is 30.7 Å². The molecule has 2 heterocycles. The van der Waals surface area contributed by atoms with Crippen molar-refractivity contribution in [3.05, 3.63) is 48.4 Å². The molecule has 21 heavy (non-hydrogen) atoms. The van der Waals surface area contributed by atoms with Crippen molar-refractivity contribution in [1.82, 2.24) is 24.9 Å². The molecule has 0 atom stereocenters. The first-order chi connectivity index (χ1) is 10.3. The van der Waals surface area contributed by atoms with Gasteiger partial charge in [-0.3, -0.25) is 0 Å². The molecule has 108 valence electrons. The molecule has 0 saturated heterocycles. The molecule has 0 N–H and O–H groups in total. The van der Waals surface area contributed by atoms with E-state index in [1.54, 1.807) is 11.0 Å². The topological polar surface area (TPSA) is 69.6 Å². The molecule has 2 aromatic heterocycles. The zero-order chi connectivity index (χ0) is 14.5. The number of aryl methyl sites for hydroxylation is 1. The molecule has 6 nitrogen and oxygen atoms in total. The van der Waals surface area contributed by atoms with Crippen molar-refractivity contribution in [2.24, 2.45) is 0 Å². The van der Waals surface area contributed by atoms with Crippen LogP contribution in [-0.4, -0.2) is 24.9 Å². The molecule has 0 unspecified atom stereocenters. The van der Waals surface area contributed by atoms with Crippen LogP contribution in [0.15, 0.2) is 46.3 Å². The summed E-state index contributed by atoms with van der Waals surface area (Å²) in [7, 11) is 0. The van der Waals surface area contributed by atoms with Crippen LogP contribution in [0.1, 0.15) is 25.1 Å². The first-order valence-electron chi connectivity index (χ1n) is 6.76. The zero-order valence-electron chi connectivity index (χ0n) is 11.6. The fraction of sp³-hybridized carbons (Fsp3) is 0.286. The van der Waals surface area contributed by atoms with Crippen LogP contribution in [0.25, 0.3) is 5.69 Å². The van der Waals surface area contributed by atoms with Crippen LogP contribution in [-0.2, 0) is 12.2 Å².